The Bertz CT molecular complexity index is 668. The maximum Gasteiger partial charge on any atom is 0.160 e. The number of nitrogens with one attached hydrogen (secondary N) is 1. The van der Waals surface area contributed by atoms with Gasteiger partial charge in [-0.1, -0.05) is 52.8 Å². The Kier molecular flexibility index (Phi) is 3.31. The van der Waals surface area contributed by atoms with Crippen LogP contribution < -0.4 is 4.90 Å². The Labute approximate surface area is 125 Å². The monoisotopic (exact) mass is 334 g/mol. The summed E-state index contributed by atoms with van der Waals surface area (Å²) in [7, 11) is 0. The molecular weight excluding hydrogens is 320 g/mol. The molecule has 1 atom stereocenters. The molecule has 2 aromatic carbocycles. The van der Waals surface area contributed by atoms with Crippen LogP contribution in [-0.2, 0) is 0 Å². The number of hydrogen-bond acceptors (Lipinski definition) is 2. The first kappa shape index (κ1) is 13.0. The van der Waals surface area contributed by atoms with E-state index >= 15 is 0 Å². The van der Waals surface area contributed by atoms with Crippen molar-refractivity contribution < 1.29 is 0 Å². The summed E-state index contributed by atoms with van der Waals surface area (Å²) in [6.45, 7) is 3.15. The molecule has 1 aliphatic rings. The highest BCUT2D eigenvalue weighted by Crippen LogP contribution is 2.43. The fourth-order valence-corrected chi connectivity index (χ4v) is 3.74. The van der Waals surface area contributed by atoms with Crippen molar-refractivity contribution in [3.05, 3.63) is 40.4 Å². The number of hydrogen-bond donors (Lipinski definition) is 1. The summed E-state index contributed by atoms with van der Waals surface area (Å²) in [4.78, 5) is 2.12. The maximum atomic E-state index is 8.09. The maximum absolute atomic E-state index is 8.09. The molecule has 0 radical (unpaired) electrons. The van der Waals surface area contributed by atoms with Crippen LogP contribution in [0, 0.1) is 5.41 Å². The smallest absolute Gasteiger partial charge is 0.160 e. The van der Waals surface area contributed by atoms with Gasteiger partial charge in [0.05, 0.1) is 0 Å². The molecule has 1 aliphatic heterocycles. The molecule has 3 rings (SSSR count). The summed E-state index contributed by atoms with van der Waals surface area (Å²) >= 11 is 5.12. The molecule has 0 aliphatic carbocycles. The zero-order valence-electron chi connectivity index (χ0n) is 10.9. The average molecular weight is 335 g/mol. The van der Waals surface area contributed by atoms with Crippen molar-refractivity contribution in [2.45, 2.75) is 12.8 Å². The highest BCUT2D eigenvalue weighted by molar-refractivity contribution is 9.10. The van der Waals surface area contributed by atoms with Crippen LogP contribution in [-0.4, -0.2) is 18.0 Å². The third-order valence-electron chi connectivity index (χ3n) is 3.71. The van der Waals surface area contributed by atoms with Gasteiger partial charge in [-0.15, -0.1) is 0 Å². The lowest BCUT2D eigenvalue weighted by Crippen LogP contribution is -2.25. The molecule has 1 N–H and O–H groups in total. The van der Waals surface area contributed by atoms with Gasteiger partial charge in [-0.2, -0.15) is 0 Å². The summed E-state index contributed by atoms with van der Waals surface area (Å²) in [5.41, 5.74) is 2.56. The number of rotatable bonds is 0. The topological polar surface area (TPSA) is 27.1 Å². The van der Waals surface area contributed by atoms with Crippen LogP contribution in [0.4, 0.5) is 5.69 Å². The molecule has 19 heavy (non-hydrogen) atoms. The summed E-state index contributed by atoms with van der Waals surface area (Å²) in [5, 5.41) is 11.3. The molecule has 0 bridgehead atoms. The molecule has 0 spiro atoms. The Morgan fingerprint density at radius 1 is 1.32 bits per heavy atom. The Morgan fingerprint density at radius 2 is 2.11 bits per heavy atom. The van der Waals surface area contributed by atoms with Crippen LogP contribution in [0.3, 0.4) is 0 Å². The quantitative estimate of drug-likeness (QED) is 0.552. The van der Waals surface area contributed by atoms with E-state index in [0.29, 0.717) is 11.1 Å². The number of thioether (sulfide) groups is 1. The van der Waals surface area contributed by atoms with Gasteiger partial charge in [-0.3, -0.25) is 5.41 Å². The van der Waals surface area contributed by atoms with Gasteiger partial charge in [0.2, 0.25) is 0 Å². The second-order valence-corrected chi connectivity index (χ2v) is 6.50. The first-order chi connectivity index (χ1) is 9.13. The van der Waals surface area contributed by atoms with E-state index in [9.17, 15) is 0 Å². The van der Waals surface area contributed by atoms with Crippen molar-refractivity contribution in [1.29, 1.82) is 5.41 Å². The summed E-state index contributed by atoms with van der Waals surface area (Å²) in [6.07, 6.45) is 1.96. The summed E-state index contributed by atoms with van der Waals surface area (Å²) < 4.78 is 1.14. The molecule has 0 fully saturated rings. The van der Waals surface area contributed by atoms with Crippen molar-refractivity contribution in [1.82, 2.24) is 0 Å². The van der Waals surface area contributed by atoms with Gasteiger partial charge in [0.15, 0.2) is 5.17 Å². The van der Waals surface area contributed by atoms with Gasteiger partial charge >= 0.3 is 0 Å². The van der Waals surface area contributed by atoms with Gasteiger partial charge in [0.25, 0.3) is 0 Å². The van der Waals surface area contributed by atoms with E-state index in [1.54, 1.807) is 0 Å². The normalized spacial score (nSPS) is 17.8. The first-order valence-electron chi connectivity index (χ1n) is 6.24. The highest BCUT2D eigenvalue weighted by atomic mass is 79.9. The molecule has 4 heteroatoms. The van der Waals surface area contributed by atoms with Crippen LogP contribution >= 0.6 is 27.7 Å². The van der Waals surface area contributed by atoms with Crippen LogP contribution in [0.1, 0.15) is 18.4 Å². The summed E-state index contributed by atoms with van der Waals surface area (Å²) in [5.74, 6) is 0.459. The number of halogens is 1. The van der Waals surface area contributed by atoms with Crippen LogP contribution in [0.5, 0.6) is 0 Å². The molecule has 98 valence electrons. The Morgan fingerprint density at radius 3 is 2.84 bits per heavy atom. The van der Waals surface area contributed by atoms with Gasteiger partial charge in [-0.25, -0.2) is 0 Å². The standard InChI is InChI=1S/C15H15BrN2S/c1-9-8-18(15(17)19-2)13-7-6-10-11(14(9)13)4-3-5-12(10)16/h3-7,9,17H,8H2,1-2H3. The average Bonchev–Trinajstić information content (AvgIpc) is 2.76. The second-order valence-electron chi connectivity index (χ2n) is 4.85. The molecule has 0 amide bonds. The molecule has 0 saturated carbocycles. The fourth-order valence-electron chi connectivity index (χ4n) is 2.85. The third kappa shape index (κ3) is 1.98. The molecule has 0 saturated heterocycles. The second kappa shape index (κ2) is 4.84. The number of benzene rings is 2. The molecular formula is C15H15BrN2S. The van der Waals surface area contributed by atoms with Crippen molar-refractivity contribution in [2.24, 2.45) is 0 Å². The molecule has 1 heterocycles. The number of nitrogens with zero attached hydrogens (tertiary/aromatic N) is 1. The minimum Gasteiger partial charge on any atom is -0.321 e. The number of amidine groups is 1. The van der Waals surface area contributed by atoms with Crippen LogP contribution in [0.15, 0.2) is 34.8 Å². The van der Waals surface area contributed by atoms with Crippen molar-refractivity contribution >= 4 is 49.3 Å². The Hall–Kier alpha value is -1.00. The van der Waals surface area contributed by atoms with E-state index < -0.39 is 0 Å². The van der Waals surface area contributed by atoms with E-state index in [0.717, 1.165) is 11.0 Å². The largest absolute Gasteiger partial charge is 0.321 e. The van der Waals surface area contributed by atoms with E-state index in [-0.39, 0.29) is 0 Å². The Balaban J connectivity index is 2.26. The van der Waals surface area contributed by atoms with Gasteiger partial charge in [0, 0.05) is 22.6 Å². The lowest BCUT2D eigenvalue weighted by molar-refractivity contribution is 0.828. The number of fused-ring (bicyclic) bond motifs is 3. The SMILES string of the molecule is CSC(=N)N1CC(C)c2c1ccc1c(Br)cccc21. The number of anilines is 1. The van der Waals surface area contributed by atoms with Crippen molar-refractivity contribution in [3.63, 3.8) is 0 Å². The van der Waals surface area contributed by atoms with Gasteiger partial charge < -0.3 is 4.90 Å². The van der Waals surface area contributed by atoms with Crippen LogP contribution in [0.2, 0.25) is 0 Å². The van der Waals surface area contributed by atoms with E-state index in [1.807, 2.05) is 6.26 Å². The molecule has 1 unspecified atom stereocenters. The first-order valence-corrected chi connectivity index (χ1v) is 8.26. The van der Waals surface area contributed by atoms with E-state index in [2.05, 4.69) is 58.1 Å². The molecule has 2 aromatic rings. The van der Waals surface area contributed by atoms with Gasteiger partial charge in [0.1, 0.15) is 0 Å². The zero-order chi connectivity index (χ0) is 13.6. The lowest BCUT2D eigenvalue weighted by Gasteiger charge is -2.18. The minimum absolute atomic E-state index is 0.459. The predicted octanol–water partition coefficient (Wildman–Crippen LogP) is 4.82. The van der Waals surface area contributed by atoms with Crippen LogP contribution in [0.25, 0.3) is 10.8 Å². The lowest BCUT2D eigenvalue weighted by atomic mass is 9.96. The summed E-state index contributed by atoms with van der Waals surface area (Å²) in [6, 6.07) is 10.6. The van der Waals surface area contributed by atoms with E-state index in [1.165, 1.54) is 33.8 Å². The van der Waals surface area contributed by atoms with Crippen molar-refractivity contribution in [2.75, 3.05) is 17.7 Å². The molecule has 2 nitrogen and oxygen atoms in total. The fraction of sp³-hybridized carbons (Fsp3) is 0.267. The predicted molar refractivity (Wildman–Crippen MR) is 88.7 cm³/mol. The van der Waals surface area contributed by atoms with Crippen molar-refractivity contribution in [3.8, 4) is 0 Å². The van der Waals surface area contributed by atoms with Gasteiger partial charge in [-0.05, 0) is 34.7 Å². The van der Waals surface area contributed by atoms with E-state index in [4.69, 9.17) is 5.41 Å². The minimum atomic E-state index is 0.459. The molecule has 0 aromatic heterocycles. The zero-order valence-corrected chi connectivity index (χ0v) is 13.3. The third-order valence-corrected chi connectivity index (χ3v) is 5.00. The highest BCUT2D eigenvalue weighted by Gasteiger charge is 2.29.